The van der Waals surface area contributed by atoms with Gasteiger partial charge in [-0.1, -0.05) is 31.2 Å². The van der Waals surface area contributed by atoms with E-state index in [1.54, 1.807) is 0 Å². The second-order valence-electron chi connectivity index (χ2n) is 4.44. The standard InChI is InChI=1S/C10H22F4OSi2/c1-4-15-10(13,14)9(11,12)5-7-17(3)8-6-16-2/h17H,4-8,16H2,1-3H3. The first-order valence-corrected chi connectivity index (χ1v) is 11.4. The number of hydrogen-bond acceptors (Lipinski definition) is 1. The number of ether oxygens (including phenoxy) is 1. The van der Waals surface area contributed by atoms with Crippen LogP contribution in [0.1, 0.15) is 13.3 Å². The van der Waals surface area contributed by atoms with Crippen LogP contribution in [0.5, 0.6) is 0 Å². The van der Waals surface area contributed by atoms with Gasteiger partial charge in [0.2, 0.25) is 0 Å². The van der Waals surface area contributed by atoms with Gasteiger partial charge in [-0.2, -0.15) is 17.6 Å². The van der Waals surface area contributed by atoms with Gasteiger partial charge in [-0.15, -0.1) is 0 Å². The first-order valence-electron chi connectivity index (χ1n) is 6.16. The van der Waals surface area contributed by atoms with Crippen molar-refractivity contribution >= 4 is 18.3 Å². The molecule has 0 saturated heterocycles. The van der Waals surface area contributed by atoms with Gasteiger partial charge < -0.3 is 4.74 Å². The summed E-state index contributed by atoms with van der Waals surface area (Å²) in [5.41, 5.74) is 0. The molecule has 0 aliphatic rings. The molecule has 0 bridgehead atoms. The van der Waals surface area contributed by atoms with Gasteiger partial charge in [-0.3, -0.25) is 0 Å². The topological polar surface area (TPSA) is 9.23 Å². The molecule has 0 aromatic heterocycles. The average molecular weight is 290 g/mol. The Labute approximate surface area is 104 Å². The van der Waals surface area contributed by atoms with Crippen LogP contribution in [0.2, 0.25) is 31.2 Å². The highest BCUT2D eigenvalue weighted by molar-refractivity contribution is 6.58. The summed E-state index contributed by atoms with van der Waals surface area (Å²) in [6, 6.07) is 2.39. The van der Waals surface area contributed by atoms with E-state index in [0.717, 1.165) is 12.1 Å². The molecule has 1 unspecified atom stereocenters. The molecule has 0 N–H and O–H groups in total. The van der Waals surface area contributed by atoms with Gasteiger partial charge >= 0.3 is 12.0 Å². The van der Waals surface area contributed by atoms with E-state index in [1.807, 2.05) is 6.55 Å². The number of alkyl halides is 4. The molecule has 0 fully saturated rings. The number of halogens is 4. The predicted octanol–water partition coefficient (Wildman–Crippen LogP) is 3.13. The van der Waals surface area contributed by atoms with Crippen molar-refractivity contribution in [2.45, 2.75) is 56.6 Å². The molecule has 0 aliphatic heterocycles. The first kappa shape index (κ1) is 17.1. The maximum Gasteiger partial charge on any atom is 0.419 e. The summed E-state index contributed by atoms with van der Waals surface area (Å²) < 4.78 is 56.2. The lowest BCUT2D eigenvalue weighted by molar-refractivity contribution is -0.346. The van der Waals surface area contributed by atoms with Gasteiger partial charge in [0, 0.05) is 24.7 Å². The van der Waals surface area contributed by atoms with E-state index in [4.69, 9.17) is 0 Å². The van der Waals surface area contributed by atoms with Crippen LogP contribution in [0.4, 0.5) is 17.6 Å². The van der Waals surface area contributed by atoms with Crippen molar-refractivity contribution in [1.29, 1.82) is 0 Å². The molecular weight excluding hydrogens is 268 g/mol. The Morgan fingerprint density at radius 1 is 1.18 bits per heavy atom. The van der Waals surface area contributed by atoms with E-state index in [2.05, 4.69) is 11.3 Å². The van der Waals surface area contributed by atoms with Crippen molar-refractivity contribution in [3.63, 3.8) is 0 Å². The first-order chi connectivity index (χ1) is 7.77. The third kappa shape index (κ3) is 6.01. The van der Waals surface area contributed by atoms with Crippen LogP contribution in [0.3, 0.4) is 0 Å². The molecule has 0 radical (unpaired) electrons. The van der Waals surface area contributed by atoms with Crippen molar-refractivity contribution in [3.8, 4) is 0 Å². The highest BCUT2D eigenvalue weighted by Gasteiger charge is 2.56. The SMILES string of the molecule is CCOC(F)(F)C(F)(F)CC[SiH](C)CC[SiH2]C. The lowest BCUT2D eigenvalue weighted by atomic mass is 10.2. The smallest absolute Gasteiger partial charge is 0.316 e. The van der Waals surface area contributed by atoms with Crippen LogP contribution in [0.15, 0.2) is 0 Å². The molecule has 0 aliphatic carbocycles. The minimum absolute atomic E-state index is 0.0411. The Hall–Kier alpha value is 0.114. The van der Waals surface area contributed by atoms with Gasteiger partial charge in [0.25, 0.3) is 0 Å². The predicted molar refractivity (Wildman–Crippen MR) is 68.0 cm³/mol. The minimum atomic E-state index is -4.32. The van der Waals surface area contributed by atoms with Crippen LogP contribution < -0.4 is 0 Å². The van der Waals surface area contributed by atoms with Gasteiger partial charge in [0.05, 0.1) is 6.61 Å². The normalized spacial score (nSPS) is 15.7. The third-order valence-electron chi connectivity index (χ3n) is 2.75. The monoisotopic (exact) mass is 290 g/mol. The Balaban J connectivity index is 4.16. The minimum Gasteiger partial charge on any atom is -0.316 e. The van der Waals surface area contributed by atoms with E-state index < -0.39 is 33.9 Å². The Bertz CT molecular complexity index is 214. The molecule has 17 heavy (non-hydrogen) atoms. The van der Waals surface area contributed by atoms with Gasteiger partial charge in [-0.05, 0) is 6.92 Å². The zero-order chi connectivity index (χ0) is 13.5. The van der Waals surface area contributed by atoms with Crippen molar-refractivity contribution in [3.05, 3.63) is 0 Å². The fourth-order valence-electron chi connectivity index (χ4n) is 1.56. The second-order valence-corrected chi connectivity index (χ2v) is 9.51. The molecule has 1 nitrogen and oxygen atoms in total. The summed E-state index contributed by atoms with van der Waals surface area (Å²) in [4.78, 5) is 0. The average Bonchev–Trinajstić information content (AvgIpc) is 2.23. The Kier molecular flexibility index (Phi) is 7.58. The summed E-state index contributed by atoms with van der Waals surface area (Å²) in [7, 11) is -1.29. The second kappa shape index (κ2) is 7.53. The van der Waals surface area contributed by atoms with E-state index in [-0.39, 0.29) is 15.6 Å². The fourth-order valence-corrected chi connectivity index (χ4v) is 7.12. The quantitative estimate of drug-likeness (QED) is 0.468. The summed E-state index contributed by atoms with van der Waals surface area (Å²) in [6.45, 7) is 5.02. The summed E-state index contributed by atoms with van der Waals surface area (Å²) in [5.74, 6) is -4.03. The maximum absolute atomic E-state index is 13.2. The van der Waals surface area contributed by atoms with E-state index in [0.29, 0.717) is 0 Å². The van der Waals surface area contributed by atoms with E-state index >= 15 is 0 Å². The molecule has 0 rings (SSSR count). The molecule has 0 spiro atoms. The van der Waals surface area contributed by atoms with Crippen molar-refractivity contribution in [1.82, 2.24) is 0 Å². The van der Waals surface area contributed by atoms with Crippen molar-refractivity contribution < 1.29 is 22.3 Å². The molecule has 104 valence electrons. The largest absolute Gasteiger partial charge is 0.419 e. The van der Waals surface area contributed by atoms with E-state index in [9.17, 15) is 17.6 Å². The van der Waals surface area contributed by atoms with Crippen LogP contribution in [-0.4, -0.2) is 37.0 Å². The van der Waals surface area contributed by atoms with Crippen LogP contribution in [0, 0.1) is 0 Å². The van der Waals surface area contributed by atoms with Crippen molar-refractivity contribution in [2.24, 2.45) is 0 Å². The van der Waals surface area contributed by atoms with Gasteiger partial charge in [0.15, 0.2) is 0 Å². The number of rotatable bonds is 9. The van der Waals surface area contributed by atoms with Crippen LogP contribution >= 0.6 is 0 Å². The Morgan fingerprint density at radius 3 is 2.24 bits per heavy atom. The third-order valence-corrected chi connectivity index (χ3v) is 7.35. The van der Waals surface area contributed by atoms with Gasteiger partial charge in [-0.25, -0.2) is 0 Å². The van der Waals surface area contributed by atoms with Crippen molar-refractivity contribution in [2.75, 3.05) is 6.61 Å². The molecule has 0 aromatic carbocycles. The van der Waals surface area contributed by atoms with Crippen LogP contribution in [-0.2, 0) is 4.74 Å². The molecule has 0 heterocycles. The lowest BCUT2D eigenvalue weighted by Crippen LogP contribution is -2.43. The zero-order valence-corrected chi connectivity index (χ0v) is 13.3. The molecule has 1 atom stereocenters. The molecule has 7 heteroatoms. The van der Waals surface area contributed by atoms with Crippen LogP contribution in [0.25, 0.3) is 0 Å². The summed E-state index contributed by atoms with van der Waals surface area (Å²) >= 11 is 0. The molecule has 0 amide bonds. The highest BCUT2D eigenvalue weighted by Crippen LogP contribution is 2.39. The molecule has 0 saturated carbocycles. The molecule has 0 aromatic rings. The molecular formula is C10H22F4OSi2. The van der Waals surface area contributed by atoms with Gasteiger partial charge in [0.1, 0.15) is 0 Å². The fraction of sp³-hybridized carbons (Fsp3) is 1.00. The van der Waals surface area contributed by atoms with E-state index in [1.165, 1.54) is 6.92 Å². The number of hydrogen-bond donors (Lipinski definition) is 0. The Morgan fingerprint density at radius 2 is 1.76 bits per heavy atom. The highest BCUT2D eigenvalue weighted by atomic mass is 28.3. The maximum atomic E-state index is 13.2. The zero-order valence-electron chi connectivity index (χ0n) is 10.7. The summed E-state index contributed by atoms with van der Waals surface area (Å²) in [6.07, 6.45) is -5.08. The lowest BCUT2D eigenvalue weighted by Gasteiger charge is -2.26. The summed E-state index contributed by atoms with van der Waals surface area (Å²) in [5, 5.41) is 0.